The zero-order valence-corrected chi connectivity index (χ0v) is 12.0. The smallest absolute Gasteiger partial charge is 0.387 e. The molecular formula is C15H20F2N2O2. The number of alkyl halides is 2. The van der Waals surface area contributed by atoms with Crippen molar-refractivity contribution >= 4 is 5.91 Å². The Kier molecular flexibility index (Phi) is 5.50. The molecule has 1 aromatic rings. The molecule has 0 saturated carbocycles. The van der Waals surface area contributed by atoms with Crippen molar-refractivity contribution in [3.8, 4) is 5.75 Å². The number of ether oxygens (including phenoxy) is 1. The van der Waals surface area contributed by atoms with Crippen molar-refractivity contribution in [2.45, 2.75) is 26.0 Å². The lowest BCUT2D eigenvalue weighted by molar-refractivity contribution is -0.135. The molecule has 1 amide bonds. The molecule has 0 spiro atoms. The maximum absolute atomic E-state index is 12.3. The fourth-order valence-electron chi connectivity index (χ4n) is 2.50. The number of hydrogen-bond acceptors (Lipinski definition) is 3. The number of amides is 1. The van der Waals surface area contributed by atoms with E-state index in [4.69, 9.17) is 0 Å². The molecule has 1 saturated heterocycles. The Hall–Kier alpha value is -1.69. The predicted octanol–water partition coefficient (Wildman–Crippen LogP) is 2.25. The number of nitrogens with one attached hydrogen (secondary N) is 1. The minimum atomic E-state index is -2.82. The number of benzene rings is 1. The van der Waals surface area contributed by atoms with Gasteiger partial charge in [-0.3, -0.25) is 4.79 Å². The topological polar surface area (TPSA) is 41.6 Å². The van der Waals surface area contributed by atoms with Crippen molar-refractivity contribution < 1.29 is 18.3 Å². The zero-order chi connectivity index (χ0) is 15.2. The molecule has 0 aliphatic carbocycles. The molecule has 1 N–H and O–H groups in total. The van der Waals surface area contributed by atoms with Crippen LogP contribution in [0.15, 0.2) is 24.3 Å². The molecule has 2 rings (SSSR count). The van der Waals surface area contributed by atoms with Crippen molar-refractivity contribution in [2.75, 3.05) is 20.1 Å². The van der Waals surface area contributed by atoms with Gasteiger partial charge in [-0.05, 0) is 37.1 Å². The van der Waals surface area contributed by atoms with Crippen LogP contribution in [-0.4, -0.2) is 37.6 Å². The third-order valence-electron chi connectivity index (χ3n) is 3.59. The van der Waals surface area contributed by atoms with E-state index in [9.17, 15) is 13.6 Å². The summed E-state index contributed by atoms with van der Waals surface area (Å²) in [4.78, 5) is 14.0. The molecule has 1 fully saturated rings. The fourth-order valence-corrected chi connectivity index (χ4v) is 2.50. The Balaban J connectivity index is 1.89. The molecule has 0 radical (unpaired) electrons. The minimum Gasteiger partial charge on any atom is -0.435 e. The van der Waals surface area contributed by atoms with E-state index in [2.05, 4.69) is 10.1 Å². The Bertz CT molecular complexity index is 459. The molecule has 116 valence electrons. The highest BCUT2D eigenvalue weighted by Gasteiger charge is 2.23. The van der Waals surface area contributed by atoms with Crippen LogP contribution in [-0.2, 0) is 11.3 Å². The molecule has 4 nitrogen and oxygen atoms in total. The van der Waals surface area contributed by atoms with Gasteiger partial charge in [0.15, 0.2) is 0 Å². The van der Waals surface area contributed by atoms with E-state index in [0.717, 1.165) is 31.5 Å². The average Bonchev–Trinajstić information content (AvgIpc) is 2.49. The Morgan fingerprint density at radius 1 is 1.43 bits per heavy atom. The zero-order valence-electron chi connectivity index (χ0n) is 12.0. The quantitative estimate of drug-likeness (QED) is 0.906. The van der Waals surface area contributed by atoms with Gasteiger partial charge in [-0.1, -0.05) is 12.1 Å². The maximum atomic E-state index is 12.3. The van der Waals surface area contributed by atoms with Gasteiger partial charge in [-0.15, -0.1) is 0 Å². The summed E-state index contributed by atoms with van der Waals surface area (Å²) in [5, 5.41) is 3.23. The lowest BCUT2D eigenvalue weighted by atomic mass is 9.98. The number of hydrogen-bond donors (Lipinski definition) is 1. The lowest BCUT2D eigenvalue weighted by Gasteiger charge is -2.27. The SMILES string of the molecule is CN(Cc1ccc(OC(F)F)cc1)C(=O)C1CCCNC1. The molecule has 0 bridgehead atoms. The number of piperidine rings is 1. The Morgan fingerprint density at radius 2 is 2.14 bits per heavy atom. The first-order chi connectivity index (χ1) is 10.1. The van der Waals surface area contributed by atoms with E-state index in [1.165, 1.54) is 12.1 Å². The second-order valence-electron chi connectivity index (χ2n) is 5.26. The fraction of sp³-hybridized carbons (Fsp3) is 0.533. The normalized spacial score (nSPS) is 18.6. The van der Waals surface area contributed by atoms with E-state index in [1.54, 1.807) is 24.1 Å². The van der Waals surface area contributed by atoms with Crippen LogP contribution in [0.25, 0.3) is 0 Å². The summed E-state index contributed by atoms with van der Waals surface area (Å²) >= 11 is 0. The summed E-state index contributed by atoms with van der Waals surface area (Å²) in [7, 11) is 1.76. The van der Waals surface area contributed by atoms with Crippen LogP contribution in [0.4, 0.5) is 8.78 Å². The molecule has 21 heavy (non-hydrogen) atoms. The minimum absolute atomic E-state index is 0.0326. The van der Waals surface area contributed by atoms with Crippen molar-refractivity contribution in [1.82, 2.24) is 10.2 Å². The van der Waals surface area contributed by atoms with Crippen molar-refractivity contribution in [3.63, 3.8) is 0 Å². The van der Waals surface area contributed by atoms with Crippen LogP contribution >= 0.6 is 0 Å². The number of rotatable bonds is 5. The highest BCUT2D eigenvalue weighted by molar-refractivity contribution is 5.78. The third kappa shape index (κ3) is 4.67. The molecule has 1 aromatic carbocycles. The largest absolute Gasteiger partial charge is 0.435 e. The second-order valence-corrected chi connectivity index (χ2v) is 5.26. The maximum Gasteiger partial charge on any atom is 0.387 e. The van der Waals surface area contributed by atoms with Gasteiger partial charge in [0.1, 0.15) is 5.75 Å². The molecule has 6 heteroatoms. The van der Waals surface area contributed by atoms with Gasteiger partial charge >= 0.3 is 6.61 Å². The average molecular weight is 298 g/mol. The van der Waals surface area contributed by atoms with Gasteiger partial charge in [-0.25, -0.2) is 0 Å². The Morgan fingerprint density at radius 3 is 2.71 bits per heavy atom. The summed E-state index contributed by atoms with van der Waals surface area (Å²) in [5.74, 6) is 0.277. The van der Waals surface area contributed by atoms with Crippen LogP contribution in [0.2, 0.25) is 0 Å². The first-order valence-electron chi connectivity index (χ1n) is 7.05. The number of halogens is 2. The van der Waals surface area contributed by atoms with Gasteiger partial charge in [0.2, 0.25) is 5.91 Å². The van der Waals surface area contributed by atoms with Gasteiger partial charge in [0, 0.05) is 20.1 Å². The number of carbonyl (C=O) groups is 1. The second kappa shape index (κ2) is 7.36. The van der Waals surface area contributed by atoms with E-state index in [1.807, 2.05) is 0 Å². The Labute approximate surface area is 123 Å². The summed E-state index contributed by atoms with van der Waals surface area (Å²) in [5.41, 5.74) is 0.885. The summed E-state index contributed by atoms with van der Waals surface area (Å²) in [6, 6.07) is 6.37. The van der Waals surface area contributed by atoms with Gasteiger partial charge in [0.05, 0.1) is 5.92 Å². The molecule has 1 unspecified atom stereocenters. The molecule has 1 aliphatic rings. The van der Waals surface area contributed by atoms with E-state index in [-0.39, 0.29) is 17.6 Å². The van der Waals surface area contributed by atoms with Gasteiger partial charge in [-0.2, -0.15) is 8.78 Å². The molecular weight excluding hydrogens is 278 g/mol. The number of carbonyl (C=O) groups excluding carboxylic acids is 1. The van der Waals surface area contributed by atoms with Gasteiger partial charge < -0.3 is 15.0 Å². The van der Waals surface area contributed by atoms with Crippen LogP contribution in [0.5, 0.6) is 5.75 Å². The highest BCUT2D eigenvalue weighted by Crippen LogP contribution is 2.17. The first-order valence-corrected chi connectivity index (χ1v) is 7.05. The lowest BCUT2D eigenvalue weighted by Crippen LogP contribution is -2.41. The molecule has 1 heterocycles. The van der Waals surface area contributed by atoms with Crippen molar-refractivity contribution in [1.29, 1.82) is 0 Å². The van der Waals surface area contributed by atoms with Crippen LogP contribution in [0.1, 0.15) is 18.4 Å². The molecule has 1 atom stereocenters. The van der Waals surface area contributed by atoms with Crippen molar-refractivity contribution in [3.05, 3.63) is 29.8 Å². The van der Waals surface area contributed by atoms with Crippen LogP contribution < -0.4 is 10.1 Å². The number of nitrogens with zero attached hydrogens (tertiary/aromatic N) is 1. The van der Waals surface area contributed by atoms with E-state index < -0.39 is 6.61 Å². The van der Waals surface area contributed by atoms with Crippen LogP contribution in [0.3, 0.4) is 0 Å². The van der Waals surface area contributed by atoms with Gasteiger partial charge in [0.25, 0.3) is 0 Å². The van der Waals surface area contributed by atoms with Crippen molar-refractivity contribution in [2.24, 2.45) is 5.92 Å². The van der Waals surface area contributed by atoms with Crippen LogP contribution in [0, 0.1) is 5.92 Å². The van der Waals surface area contributed by atoms with E-state index in [0.29, 0.717) is 6.54 Å². The summed E-state index contributed by atoms with van der Waals surface area (Å²) < 4.78 is 28.4. The third-order valence-corrected chi connectivity index (χ3v) is 3.59. The predicted molar refractivity (Wildman–Crippen MR) is 75.1 cm³/mol. The molecule has 0 aromatic heterocycles. The standard InChI is InChI=1S/C15H20F2N2O2/c1-19(14(20)12-3-2-8-18-9-12)10-11-4-6-13(7-5-11)21-15(16)17/h4-7,12,15,18H,2-3,8-10H2,1H3. The highest BCUT2D eigenvalue weighted by atomic mass is 19.3. The first kappa shape index (κ1) is 15.7. The summed E-state index contributed by atoms with van der Waals surface area (Å²) in [6.45, 7) is -0.660. The van der Waals surface area contributed by atoms with E-state index >= 15 is 0 Å². The molecule has 1 aliphatic heterocycles. The monoisotopic (exact) mass is 298 g/mol. The summed E-state index contributed by atoms with van der Waals surface area (Å²) in [6.07, 6.45) is 1.93.